The maximum atomic E-state index is 13.7. The summed E-state index contributed by atoms with van der Waals surface area (Å²) in [6.07, 6.45) is 1.31. The molecule has 1 aromatic heterocycles. The SMILES string of the molecule is CCN(CC)S(=O)(=O)c1ccc(SCC(=O)N(C)Cc2ccccc2F)nc1. The Morgan fingerprint density at radius 2 is 1.82 bits per heavy atom. The fourth-order valence-electron chi connectivity index (χ4n) is 2.53. The van der Waals surface area contributed by atoms with Gasteiger partial charge < -0.3 is 4.90 Å². The Hall–Kier alpha value is -1.97. The molecule has 1 aromatic carbocycles. The van der Waals surface area contributed by atoms with Crippen LogP contribution in [0.3, 0.4) is 0 Å². The number of amides is 1. The molecule has 0 saturated heterocycles. The highest BCUT2D eigenvalue weighted by molar-refractivity contribution is 7.99. The van der Waals surface area contributed by atoms with Crippen LogP contribution in [0.4, 0.5) is 4.39 Å². The first-order chi connectivity index (χ1) is 13.3. The number of halogens is 1. The minimum atomic E-state index is -3.55. The molecule has 0 unspecified atom stereocenters. The van der Waals surface area contributed by atoms with Gasteiger partial charge in [-0.05, 0) is 18.2 Å². The third-order valence-corrected chi connectivity index (χ3v) is 7.15. The molecule has 0 saturated carbocycles. The highest BCUT2D eigenvalue weighted by Gasteiger charge is 2.22. The summed E-state index contributed by atoms with van der Waals surface area (Å²) in [4.78, 5) is 18.0. The van der Waals surface area contributed by atoms with Crippen molar-refractivity contribution in [1.82, 2.24) is 14.2 Å². The second kappa shape index (κ2) is 9.99. The molecule has 0 fully saturated rings. The van der Waals surface area contributed by atoms with Gasteiger partial charge in [0, 0.05) is 38.4 Å². The molecule has 6 nitrogen and oxygen atoms in total. The molecule has 0 bridgehead atoms. The number of carbonyl (C=O) groups excluding carboxylic acids is 1. The van der Waals surface area contributed by atoms with Crippen LogP contribution in [0.1, 0.15) is 19.4 Å². The number of nitrogens with zero attached hydrogens (tertiary/aromatic N) is 3. The smallest absolute Gasteiger partial charge is 0.244 e. The van der Waals surface area contributed by atoms with Gasteiger partial charge in [-0.25, -0.2) is 17.8 Å². The second-order valence-corrected chi connectivity index (χ2v) is 8.98. The molecule has 2 rings (SSSR count). The lowest BCUT2D eigenvalue weighted by Crippen LogP contribution is -2.30. The third kappa shape index (κ3) is 5.52. The van der Waals surface area contributed by atoms with Crippen LogP contribution in [0.25, 0.3) is 0 Å². The summed E-state index contributed by atoms with van der Waals surface area (Å²) in [6.45, 7) is 4.52. The van der Waals surface area contributed by atoms with Gasteiger partial charge in [-0.15, -0.1) is 0 Å². The van der Waals surface area contributed by atoms with Gasteiger partial charge in [-0.1, -0.05) is 43.8 Å². The molecule has 28 heavy (non-hydrogen) atoms. The lowest BCUT2D eigenvalue weighted by atomic mass is 10.2. The van der Waals surface area contributed by atoms with Crippen LogP contribution in [-0.2, 0) is 21.4 Å². The number of thioether (sulfide) groups is 1. The molecule has 0 aliphatic heterocycles. The molecule has 2 aromatic rings. The highest BCUT2D eigenvalue weighted by Crippen LogP contribution is 2.20. The summed E-state index contributed by atoms with van der Waals surface area (Å²) in [5, 5.41) is 0.547. The Morgan fingerprint density at radius 3 is 2.39 bits per heavy atom. The van der Waals surface area contributed by atoms with Gasteiger partial charge >= 0.3 is 0 Å². The van der Waals surface area contributed by atoms with Gasteiger partial charge in [0.15, 0.2) is 0 Å². The van der Waals surface area contributed by atoms with Crippen molar-refractivity contribution < 1.29 is 17.6 Å². The second-order valence-electron chi connectivity index (χ2n) is 6.05. The molecule has 1 heterocycles. The first-order valence-electron chi connectivity index (χ1n) is 8.86. The predicted molar refractivity (Wildman–Crippen MR) is 108 cm³/mol. The van der Waals surface area contributed by atoms with Crippen LogP contribution in [-0.4, -0.2) is 54.4 Å². The number of hydrogen-bond donors (Lipinski definition) is 0. The molecule has 0 N–H and O–H groups in total. The van der Waals surface area contributed by atoms with Gasteiger partial charge in [-0.2, -0.15) is 4.31 Å². The van der Waals surface area contributed by atoms with E-state index in [2.05, 4.69) is 4.98 Å². The summed E-state index contributed by atoms with van der Waals surface area (Å²) in [5.41, 5.74) is 0.451. The van der Waals surface area contributed by atoms with E-state index >= 15 is 0 Å². The Labute approximate surface area is 169 Å². The zero-order valence-corrected chi connectivity index (χ0v) is 17.8. The van der Waals surface area contributed by atoms with Crippen molar-refractivity contribution in [3.05, 3.63) is 54.0 Å². The van der Waals surface area contributed by atoms with E-state index in [0.29, 0.717) is 23.7 Å². The van der Waals surface area contributed by atoms with Crippen molar-refractivity contribution in [2.24, 2.45) is 0 Å². The predicted octanol–water partition coefficient (Wildman–Crippen LogP) is 3.00. The Balaban J connectivity index is 1.95. The molecule has 0 radical (unpaired) electrons. The maximum Gasteiger partial charge on any atom is 0.244 e. The van der Waals surface area contributed by atoms with Gasteiger partial charge in [-0.3, -0.25) is 4.79 Å². The van der Waals surface area contributed by atoms with Crippen LogP contribution >= 0.6 is 11.8 Å². The van der Waals surface area contributed by atoms with Crippen LogP contribution in [0, 0.1) is 5.82 Å². The van der Waals surface area contributed by atoms with Crippen LogP contribution in [0.5, 0.6) is 0 Å². The summed E-state index contributed by atoms with van der Waals surface area (Å²) < 4.78 is 40.0. The minimum absolute atomic E-state index is 0.125. The maximum absolute atomic E-state index is 13.7. The van der Waals surface area contributed by atoms with E-state index < -0.39 is 10.0 Å². The van der Waals surface area contributed by atoms with Gasteiger partial charge in [0.1, 0.15) is 10.7 Å². The van der Waals surface area contributed by atoms with Crippen molar-refractivity contribution in [1.29, 1.82) is 0 Å². The average Bonchev–Trinajstić information content (AvgIpc) is 2.68. The lowest BCUT2D eigenvalue weighted by molar-refractivity contribution is -0.127. The number of hydrogen-bond acceptors (Lipinski definition) is 5. The van der Waals surface area contributed by atoms with Crippen LogP contribution < -0.4 is 0 Å². The lowest BCUT2D eigenvalue weighted by Gasteiger charge is -2.18. The van der Waals surface area contributed by atoms with Crippen LogP contribution in [0.15, 0.2) is 52.5 Å². The summed E-state index contributed by atoms with van der Waals surface area (Å²) in [5.74, 6) is -0.392. The monoisotopic (exact) mass is 425 g/mol. The van der Waals surface area contributed by atoms with Crippen molar-refractivity contribution in [3.8, 4) is 0 Å². The summed E-state index contributed by atoms with van der Waals surface area (Å²) in [7, 11) is -1.94. The van der Waals surface area contributed by atoms with Crippen molar-refractivity contribution in [2.75, 3.05) is 25.9 Å². The molecular weight excluding hydrogens is 401 g/mol. The topological polar surface area (TPSA) is 70.6 Å². The van der Waals surface area contributed by atoms with Gasteiger partial charge in [0.25, 0.3) is 0 Å². The number of rotatable bonds is 9. The molecule has 9 heteroatoms. The van der Waals surface area contributed by atoms with Gasteiger partial charge in [0.05, 0.1) is 10.8 Å². The van der Waals surface area contributed by atoms with Crippen molar-refractivity contribution >= 4 is 27.7 Å². The third-order valence-electron chi connectivity index (χ3n) is 4.19. The molecule has 1 amide bonds. The Kier molecular flexibility index (Phi) is 7.97. The number of pyridine rings is 1. The zero-order valence-electron chi connectivity index (χ0n) is 16.1. The standard InChI is InChI=1S/C19H24FN3O3S2/c1-4-23(5-2)28(25,26)16-10-11-18(21-12-16)27-14-19(24)22(3)13-15-8-6-7-9-17(15)20/h6-12H,4-5,13-14H2,1-3H3. The molecule has 0 aliphatic rings. The van der Waals surface area contributed by atoms with E-state index in [1.54, 1.807) is 45.2 Å². The number of aromatic nitrogens is 1. The first kappa shape index (κ1) is 22.3. The normalized spacial score (nSPS) is 11.6. The minimum Gasteiger partial charge on any atom is -0.341 e. The Morgan fingerprint density at radius 1 is 1.14 bits per heavy atom. The van der Waals surface area contributed by atoms with Gasteiger partial charge in [0.2, 0.25) is 15.9 Å². The van der Waals surface area contributed by atoms with E-state index in [9.17, 15) is 17.6 Å². The first-order valence-corrected chi connectivity index (χ1v) is 11.3. The quantitative estimate of drug-likeness (QED) is 0.578. The van der Waals surface area contributed by atoms with E-state index in [0.717, 1.165) is 0 Å². The number of carbonyl (C=O) groups is 1. The van der Waals surface area contributed by atoms with E-state index in [-0.39, 0.29) is 28.9 Å². The van der Waals surface area contributed by atoms with Crippen molar-refractivity contribution in [2.45, 2.75) is 30.3 Å². The van der Waals surface area contributed by atoms with Crippen molar-refractivity contribution in [3.63, 3.8) is 0 Å². The van der Waals surface area contributed by atoms with E-state index in [1.807, 2.05) is 0 Å². The molecule has 0 aliphatic carbocycles. The van der Waals surface area contributed by atoms with E-state index in [1.165, 1.54) is 39.3 Å². The molecular formula is C19H24FN3O3S2. The number of benzene rings is 1. The fourth-order valence-corrected chi connectivity index (χ4v) is 4.72. The largest absolute Gasteiger partial charge is 0.341 e. The fraction of sp³-hybridized carbons (Fsp3) is 0.368. The molecule has 0 atom stereocenters. The number of sulfonamides is 1. The zero-order chi connectivity index (χ0) is 20.7. The van der Waals surface area contributed by atoms with Crippen LogP contribution in [0.2, 0.25) is 0 Å². The average molecular weight is 426 g/mol. The Bertz CT molecular complexity index is 901. The van der Waals surface area contributed by atoms with E-state index in [4.69, 9.17) is 0 Å². The summed E-state index contributed by atoms with van der Waals surface area (Å²) in [6, 6.07) is 9.42. The summed E-state index contributed by atoms with van der Waals surface area (Å²) >= 11 is 1.21. The molecule has 0 spiro atoms. The highest BCUT2D eigenvalue weighted by atomic mass is 32.2. The molecule has 152 valence electrons.